The van der Waals surface area contributed by atoms with Gasteiger partial charge in [-0.3, -0.25) is 9.59 Å². The predicted octanol–water partition coefficient (Wildman–Crippen LogP) is 6.24. The van der Waals surface area contributed by atoms with Crippen molar-refractivity contribution in [2.24, 2.45) is 5.41 Å². The molecule has 192 valence electrons. The minimum atomic E-state index is -0.413. The minimum absolute atomic E-state index is 0.124. The van der Waals surface area contributed by atoms with Crippen LogP contribution in [0.5, 0.6) is 11.5 Å². The number of rotatable bonds is 7. The summed E-state index contributed by atoms with van der Waals surface area (Å²) in [6.07, 6.45) is 2.15. The molecule has 0 unspecified atom stereocenters. The number of hydrogen-bond donors (Lipinski definition) is 0. The van der Waals surface area contributed by atoms with Crippen molar-refractivity contribution >= 4 is 11.7 Å². The zero-order chi connectivity index (χ0) is 26.4. The van der Waals surface area contributed by atoms with E-state index >= 15 is 0 Å². The lowest BCUT2D eigenvalue weighted by molar-refractivity contribution is -0.138. The van der Waals surface area contributed by atoms with E-state index < -0.39 is 10.8 Å². The largest absolute Gasteiger partial charge is 0.454 e. The number of amides is 1. The summed E-state index contributed by atoms with van der Waals surface area (Å²) in [6, 6.07) is 20.6. The second-order valence-corrected chi connectivity index (χ2v) is 11.5. The third kappa shape index (κ3) is 5.00. The highest BCUT2D eigenvalue weighted by Gasteiger charge is 2.50. The summed E-state index contributed by atoms with van der Waals surface area (Å²) in [7, 11) is 1.85. The fourth-order valence-corrected chi connectivity index (χ4v) is 5.20. The number of aryl methyl sites for hydroxylation is 1. The van der Waals surface area contributed by atoms with Gasteiger partial charge in [-0.05, 0) is 65.3 Å². The third-order valence-electron chi connectivity index (χ3n) is 7.55. The summed E-state index contributed by atoms with van der Waals surface area (Å²) in [4.78, 5) is 27.8. The van der Waals surface area contributed by atoms with Crippen LogP contribution >= 0.6 is 0 Å². The first-order chi connectivity index (χ1) is 17.6. The van der Waals surface area contributed by atoms with Crippen LogP contribution in [-0.4, -0.2) is 30.4 Å². The van der Waals surface area contributed by atoms with E-state index in [0.29, 0.717) is 13.0 Å². The van der Waals surface area contributed by atoms with Crippen molar-refractivity contribution in [2.75, 3.05) is 13.8 Å². The predicted molar refractivity (Wildman–Crippen MR) is 145 cm³/mol. The van der Waals surface area contributed by atoms with Gasteiger partial charge in [-0.2, -0.15) is 0 Å². The maximum Gasteiger partial charge on any atom is 0.231 e. The molecule has 1 aliphatic heterocycles. The molecule has 0 aromatic heterocycles. The van der Waals surface area contributed by atoms with E-state index in [1.54, 1.807) is 4.90 Å². The first-order valence-corrected chi connectivity index (χ1v) is 12.9. The summed E-state index contributed by atoms with van der Waals surface area (Å²) < 4.78 is 11.0. The number of ketones is 1. The smallest absolute Gasteiger partial charge is 0.231 e. The number of ether oxygens (including phenoxy) is 2. The first-order valence-electron chi connectivity index (χ1n) is 12.9. The molecular weight excluding hydrogens is 462 g/mol. The normalized spacial score (nSPS) is 15.4. The van der Waals surface area contributed by atoms with E-state index in [2.05, 4.69) is 49.4 Å². The molecule has 0 spiro atoms. The van der Waals surface area contributed by atoms with Gasteiger partial charge in [0.1, 0.15) is 5.78 Å². The average Bonchev–Trinajstić information content (AvgIpc) is 3.55. The van der Waals surface area contributed by atoms with E-state index in [1.807, 2.05) is 46.0 Å². The Morgan fingerprint density at radius 1 is 0.892 bits per heavy atom. The fraction of sp³-hybridized carbons (Fsp3) is 0.375. The topological polar surface area (TPSA) is 55.8 Å². The maximum absolute atomic E-state index is 13.5. The van der Waals surface area contributed by atoms with Crippen molar-refractivity contribution in [1.29, 1.82) is 0 Å². The van der Waals surface area contributed by atoms with Gasteiger partial charge in [0, 0.05) is 25.4 Å². The number of hydrogen-bond acceptors (Lipinski definition) is 4. The summed E-state index contributed by atoms with van der Waals surface area (Å²) in [5.74, 6) is 1.85. The van der Waals surface area contributed by atoms with Gasteiger partial charge >= 0.3 is 0 Å². The Morgan fingerprint density at radius 3 is 2.24 bits per heavy atom. The van der Waals surface area contributed by atoms with E-state index in [-0.39, 0.29) is 18.5 Å². The van der Waals surface area contributed by atoms with Gasteiger partial charge in [0.15, 0.2) is 11.5 Å². The van der Waals surface area contributed by atoms with Crippen molar-refractivity contribution in [3.8, 4) is 22.6 Å². The van der Waals surface area contributed by atoms with Crippen LogP contribution < -0.4 is 9.47 Å². The first kappa shape index (κ1) is 25.1. The van der Waals surface area contributed by atoms with Gasteiger partial charge < -0.3 is 14.4 Å². The number of benzene rings is 3. The van der Waals surface area contributed by atoms with Crippen LogP contribution in [0.3, 0.4) is 0 Å². The molecule has 3 aromatic carbocycles. The van der Waals surface area contributed by atoms with Crippen molar-refractivity contribution in [3.63, 3.8) is 0 Å². The molecule has 5 heteroatoms. The molecule has 3 aromatic rings. The van der Waals surface area contributed by atoms with Crippen molar-refractivity contribution < 1.29 is 19.1 Å². The maximum atomic E-state index is 13.5. The molecule has 1 saturated carbocycles. The van der Waals surface area contributed by atoms with Gasteiger partial charge in [-0.25, -0.2) is 0 Å². The molecule has 0 radical (unpaired) electrons. The Kier molecular flexibility index (Phi) is 6.35. The molecule has 1 aliphatic carbocycles. The summed E-state index contributed by atoms with van der Waals surface area (Å²) in [5.41, 5.74) is 5.74. The lowest BCUT2D eigenvalue weighted by Gasteiger charge is -2.26. The Hall–Kier alpha value is -3.60. The second-order valence-electron chi connectivity index (χ2n) is 11.5. The van der Waals surface area contributed by atoms with Crippen molar-refractivity contribution in [3.05, 3.63) is 82.9 Å². The summed E-state index contributed by atoms with van der Waals surface area (Å²) >= 11 is 0. The Balaban J connectivity index is 1.31. The quantitative estimate of drug-likeness (QED) is 0.388. The molecule has 5 rings (SSSR count). The standard InChI is InChI=1S/C32H35NO4/c1-21-6-7-23(17-29(34)32(14-15-32)25-12-13-27-28(18-25)37-20-36-27)16-26(21)24-10-8-22(9-11-24)19-33(5)30(35)31(2,3)4/h6-13,16,18H,14-15,17,19-20H2,1-5H3. The molecule has 0 N–H and O–H groups in total. The SMILES string of the molecule is Cc1ccc(CC(=O)C2(c3ccc4c(c3)OCO4)CC2)cc1-c1ccc(CN(C)C(=O)C(C)(C)C)cc1. The van der Waals surface area contributed by atoms with Crippen LogP contribution in [0.1, 0.15) is 55.9 Å². The van der Waals surface area contributed by atoms with Gasteiger partial charge in [0.2, 0.25) is 12.7 Å². The molecular formula is C32H35NO4. The van der Waals surface area contributed by atoms with Crippen LogP contribution in [0.15, 0.2) is 60.7 Å². The molecule has 5 nitrogen and oxygen atoms in total. The fourth-order valence-electron chi connectivity index (χ4n) is 5.20. The number of nitrogens with zero attached hydrogens (tertiary/aromatic N) is 1. The van der Waals surface area contributed by atoms with Crippen LogP contribution in [0.2, 0.25) is 0 Å². The number of Topliss-reactive ketones (excluding diaryl/α,β-unsaturated/α-hetero) is 1. The summed E-state index contributed by atoms with van der Waals surface area (Å²) in [5, 5.41) is 0. The van der Waals surface area contributed by atoms with E-state index in [4.69, 9.17) is 9.47 Å². The van der Waals surface area contributed by atoms with Gasteiger partial charge in [-0.15, -0.1) is 0 Å². The summed E-state index contributed by atoms with van der Waals surface area (Å²) in [6.45, 7) is 8.73. The Morgan fingerprint density at radius 2 is 1.57 bits per heavy atom. The molecule has 0 bridgehead atoms. The Bertz CT molecular complexity index is 1350. The second kappa shape index (κ2) is 9.37. The molecule has 37 heavy (non-hydrogen) atoms. The monoisotopic (exact) mass is 497 g/mol. The number of carbonyl (C=O) groups is 2. The minimum Gasteiger partial charge on any atom is -0.454 e. The van der Waals surface area contributed by atoms with E-state index in [1.165, 1.54) is 5.56 Å². The molecule has 1 heterocycles. The van der Waals surface area contributed by atoms with Gasteiger partial charge in [0.05, 0.1) is 5.41 Å². The molecule has 1 amide bonds. The number of fused-ring (bicyclic) bond motifs is 1. The van der Waals surface area contributed by atoms with E-state index in [9.17, 15) is 9.59 Å². The highest BCUT2D eigenvalue weighted by Crippen LogP contribution is 2.51. The number of carbonyl (C=O) groups excluding carboxylic acids is 2. The molecule has 1 fully saturated rings. The van der Waals surface area contributed by atoms with Crippen molar-refractivity contribution in [2.45, 2.75) is 58.9 Å². The molecule has 2 aliphatic rings. The van der Waals surface area contributed by atoms with Crippen LogP contribution in [0.4, 0.5) is 0 Å². The van der Waals surface area contributed by atoms with Crippen LogP contribution in [0.25, 0.3) is 11.1 Å². The lowest BCUT2D eigenvalue weighted by atomic mass is 9.87. The Labute approximate surface area is 219 Å². The average molecular weight is 498 g/mol. The highest BCUT2D eigenvalue weighted by atomic mass is 16.7. The van der Waals surface area contributed by atoms with E-state index in [0.717, 1.165) is 52.2 Å². The van der Waals surface area contributed by atoms with Crippen LogP contribution in [-0.2, 0) is 28.0 Å². The lowest BCUT2D eigenvalue weighted by Crippen LogP contribution is -2.36. The van der Waals surface area contributed by atoms with Crippen LogP contribution in [0, 0.1) is 12.3 Å². The van der Waals surface area contributed by atoms with Gasteiger partial charge in [-0.1, -0.05) is 69.3 Å². The molecule has 0 atom stereocenters. The highest BCUT2D eigenvalue weighted by molar-refractivity contribution is 5.95. The third-order valence-corrected chi connectivity index (χ3v) is 7.55. The molecule has 0 saturated heterocycles. The zero-order valence-electron chi connectivity index (χ0n) is 22.4. The zero-order valence-corrected chi connectivity index (χ0v) is 22.4. The van der Waals surface area contributed by atoms with Crippen molar-refractivity contribution in [1.82, 2.24) is 4.90 Å². The van der Waals surface area contributed by atoms with Gasteiger partial charge in [0.25, 0.3) is 0 Å².